The minimum Gasteiger partial charge on any atom is -0.454 e. The van der Waals surface area contributed by atoms with Gasteiger partial charge in [-0.1, -0.05) is 0 Å². The molecule has 0 unspecified atom stereocenters. The molecule has 0 saturated heterocycles. The van der Waals surface area contributed by atoms with Crippen molar-refractivity contribution in [3.05, 3.63) is 46.5 Å². The molecule has 5 heteroatoms. The zero-order valence-electron chi connectivity index (χ0n) is 13.4. The lowest BCUT2D eigenvalue weighted by Gasteiger charge is -2.36. The Morgan fingerprint density at radius 1 is 0.792 bits per heavy atom. The minimum absolute atomic E-state index is 0.318. The van der Waals surface area contributed by atoms with Crippen LogP contribution in [0.2, 0.25) is 0 Å². The lowest BCUT2D eigenvalue weighted by atomic mass is 9.84. The summed E-state index contributed by atoms with van der Waals surface area (Å²) in [4.78, 5) is 2.45. The minimum atomic E-state index is 0.318. The molecule has 0 aromatic heterocycles. The van der Waals surface area contributed by atoms with Crippen molar-refractivity contribution >= 4 is 0 Å². The van der Waals surface area contributed by atoms with Gasteiger partial charge in [0.15, 0.2) is 23.0 Å². The van der Waals surface area contributed by atoms with Crippen LogP contribution in [0, 0.1) is 0 Å². The van der Waals surface area contributed by atoms with Crippen molar-refractivity contribution in [2.75, 3.05) is 27.2 Å². The predicted octanol–water partition coefficient (Wildman–Crippen LogP) is 2.82. The van der Waals surface area contributed by atoms with E-state index in [1.54, 1.807) is 0 Å². The van der Waals surface area contributed by atoms with E-state index in [-0.39, 0.29) is 0 Å². The number of likely N-dealkylation sites (N-methyl/N-ethyl adjacent to an activating group) is 1. The van der Waals surface area contributed by atoms with Gasteiger partial charge in [-0.15, -0.1) is 0 Å². The van der Waals surface area contributed by atoms with Gasteiger partial charge in [0.25, 0.3) is 0 Å². The fourth-order valence-corrected chi connectivity index (χ4v) is 4.56. The average Bonchev–Trinajstić information content (AvgIpc) is 3.17. The van der Waals surface area contributed by atoms with Crippen LogP contribution in [0.1, 0.15) is 34.2 Å². The summed E-state index contributed by atoms with van der Waals surface area (Å²) in [5.41, 5.74) is 5.43. The molecule has 0 N–H and O–H groups in total. The summed E-state index contributed by atoms with van der Waals surface area (Å²) < 4.78 is 22.4. The monoisotopic (exact) mass is 323 g/mol. The molecular formula is C19H17NO4. The van der Waals surface area contributed by atoms with Crippen LogP contribution in [-0.4, -0.2) is 32.1 Å². The highest BCUT2D eigenvalue weighted by Gasteiger charge is 2.39. The number of nitrogens with zero attached hydrogens (tertiary/aromatic N) is 1. The van der Waals surface area contributed by atoms with Crippen LogP contribution in [0.3, 0.4) is 0 Å². The highest BCUT2D eigenvalue weighted by molar-refractivity contribution is 5.59. The molecule has 4 heterocycles. The molecule has 0 radical (unpaired) electrons. The van der Waals surface area contributed by atoms with Gasteiger partial charge >= 0.3 is 0 Å². The van der Waals surface area contributed by atoms with Crippen molar-refractivity contribution in [2.24, 2.45) is 0 Å². The molecule has 2 atom stereocenters. The molecule has 24 heavy (non-hydrogen) atoms. The van der Waals surface area contributed by atoms with Crippen LogP contribution in [-0.2, 0) is 6.42 Å². The summed E-state index contributed by atoms with van der Waals surface area (Å²) >= 11 is 0. The molecule has 2 aromatic rings. The molecule has 4 aliphatic heterocycles. The maximum absolute atomic E-state index is 5.62. The Morgan fingerprint density at radius 3 is 2.08 bits per heavy atom. The molecule has 0 fully saturated rings. The van der Waals surface area contributed by atoms with E-state index in [1.807, 2.05) is 0 Å². The van der Waals surface area contributed by atoms with Gasteiger partial charge in [0.1, 0.15) is 0 Å². The van der Waals surface area contributed by atoms with Gasteiger partial charge in [0.05, 0.1) is 0 Å². The van der Waals surface area contributed by atoms with Crippen molar-refractivity contribution in [3.63, 3.8) is 0 Å². The van der Waals surface area contributed by atoms with Gasteiger partial charge in [0, 0.05) is 18.5 Å². The molecule has 0 amide bonds. The number of hydrogen-bond acceptors (Lipinski definition) is 5. The van der Waals surface area contributed by atoms with E-state index in [0.717, 1.165) is 36.0 Å². The lowest BCUT2D eigenvalue weighted by molar-refractivity contribution is 0.173. The van der Waals surface area contributed by atoms with E-state index < -0.39 is 0 Å². The second-order valence-corrected chi connectivity index (χ2v) is 6.95. The summed E-state index contributed by atoms with van der Waals surface area (Å²) in [6.45, 7) is 1.64. The Morgan fingerprint density at radius 2 is 1.38 bits per heavy atom. The fourth-order valence-electron chi connectivity index (χ4n) is 4.56. The van der Waals surface area contributed by atoms with Gasteiger partial charge in [0.2, 0.25) is 13.6 Å². The van der Waals surface area contributed by atoms with Gasteiger partial charge < -0.3 is 18.9 Å². The maximum Gasteiger partial charge on any atom is 0.231 e. The highest BCUT2D eigenvalue weighted by atomic mass is 16.7. The van der Waals surface area contributed by atoms with Crippen molar-refractivity contribution in [1.82, 2.24) is 4.90 Å². The second-order valence-electron chi connectivity index (χ2n) is 6.95. The van der Waals surface area contributed by atoms with Crippen LogP contribution in [0.4, 0.5) is 0 Å². The first kappa shape index (κ1) is 13.0. The second kappa shape index (κ2) is 4.36. The predicted molar refractivity (Wildman–Crippen MR) is 86.0 cm³/mol. The number of rotatable bonds is 0. The van der Waals surface area contributed by atoms with Crippen LogP contribution >= 0.6 is 0 Å². The Labute approximate surface area is 139 Å². The summed E-state index contributed by atoms with van der Waals surface area (Å²) in [6.07, 6.45) is 0.978. The van der Waals surface area contributed by atoms with E-state index in [9.17, 15) is 0 Å². The van der Waals surface area contributed by atoms with Gasteiger partial charge in [-0.3, -0.25) is 4.90 Å². The SMILES string of the molecule is CN1C[C@H]2c3cc4c(cc3C[C@@H]1c1cc3c(cc12)OCO3)OCO4. The summed E-state index contributed by atoms with van der Waals surface area (Å²) in [6, 6.07) is 9.06. The van der Waals surface area contributed by atoms with E-state index in [2.05, 4.69) is 36.2 Å². The normalized spacial score (nSPS) is 25.4. The molecule has 2 bridgehead atoms. The largest absolute Gasteiger partial charge is 0.454 e. The average molecular weight is 323 g/mol. The first-order chi connectivity index (χ1) is 11.8. The summed E-state index contributed by atoms with van der Waals surface area (Å²) in [5.74, 6) is 3.79. The molecule has 2 aromatic carbocycles. The molecule has 0 spiro atoms. The number of hydrogen-bond donors (Lipinski definition) is 0. The van der Waals surface area contributed by atoms with Crippen molar-refractivity contribution in [1.29, 1.82) is 0 Å². The van der Waals surface area contributed by atoms with E-state index in [0.29, 0.717) is 25.5 Å². The standard InChI is InChI=1S/C19H17NO4/c1-20-7-14-11-4-17-16(21-8-22-17)3-10(11)2-15(20)13-6-19-18(5-12(13)14)23-9-24-19/h3-6,14-15H,2,7-9H2,1H3/t14-,15+/m0/s1. The molecule has 7 rings (SSSR count). The Bertz CT molecular complexity index is 878. The Hall–Kier alpha value is -2.40. The van der Waals surface area contributed by atoms with Crippen LogP contribution in [0.5, 0.6) is 23.0 Å². The van der Waals surface area contributed by atoms with Crippen LogP contribution in [0.25, 0.3) is 0 Å². The Balaban J connectivity index is 1.59. The van der Waals surface area contributed by atoms with Crippen LogP contribution in [0.15, 0.2) is 24.3 Å². The molecule has 5 aliphatic rings. The zero-order valence-corrected chi connectivity index (χ0v) is 13.4. The third kappa shape index (κ3) is 1.58. The molecular weight excluding hydrogens is 306 g/mol. The third-order valence-corrected chi connectivity index (χ3v) is 5.74. The van der Waals surface area contributed by atoms with Gasteiger partial charge in [-0.05, 0) is 60.0 Å². The van der Waals surface area contributed by atoms with Gasteiger partial charge in [-0.25, -0.2) is 0 Å². The van der Waals surface area contributed by atoms with Crippen LogP contribution < -0.4 is 18.9 Å². The quantitative estimate of drug-likeness (QED) is 0.745. The number of ether oxygens (including phenoxy) is 4. The van der Waals surface area contributed by atoms with Crippen molar-refractivity contribution < 1.29 is 18.9 Å². The third-order valence-electron chi connectivity index (χ3n) is 5.74. The van der Waals surface area contributed by atoms with Crippen molar-refractivity contribution in [2.45, 2.75) is 18.4 Å². The Kier molecular flexibility index (Phi) is 2.35. The highest BCUT2D eigenvalue weighted by Crippen LogP contribution is 2.51. The molecule has 122 valence electrons. The topological polar surface area (TPSA) is 40.2 Å². The first-order valence-electron chi connectivity index (χ1n) is 8.34. The maximum atomic E-state index is 5.62. The van der Waals surface area contributed by atoms with E-state index in [4.69, 9.17) is 18.9 Å². The first-order valence-corrected chi connectivity index (χ1v) is 8.34. The number of fused-ring (bicyclic) bond motifs is 3. The summed E-state index contributed by atoms with van der Waals surface area (Å²) in [5, 5.41) is 0. The van der Waals surface area contributed by atoms with Gasteiger partial charge in [-0.2, -0.15) is 0 Å². The molecule has 5 nitrogen and oxygen atoms in total. The lowest BCUT2D eigenvalue weighted by Crippen LogP contribution is -2.33. The molecule has 0 saturated carbocycles. The fraction of sp³-hybridized carbons (Fsp3) is 0.368. The number of benzene rings is 2. The molecule has 1 aliphatic carbocycles. The summed E-state index contributed by atoms with van der Waals surface area (Å²) in [7, 11) is 2.21. The van der Waals surface area contributed by atoms with E-state index in [1.165, 1.54) is 22.3 Å². The van der Waals surface area contributed by atoms with E-state index >= 15 is 0 Å². The zero-order chi connectivity index (χ0) is 15.8. The van der Waals surface area contributed by atoms with Crippen molar-refractivity contribution in [3.8, 4) is 23.0 Å². The smallest absolute Gasteiger partial charge is 0.231 e.